The van der Waals surface area contributed by atoms with E-state index in [0.717, 1.165) is 43.4 Å². The maximum atomic E-state index is 11.2. The second kappa shape index (κ2) is 10.1. The van der Waals surface area contributed by atoms with E-state index >= 15 is 0 Å². The first-order valence-electron chi connectivity index (χ1n) is 5.88. The van der Waals surface area contributed by atoms with Gasteiger partial charge in [-0.25, -0.2) is 0 Å². The second-order valence-electron chi connectivity index (χ2n) is 3.72. The Morgan fingerprint density at radius 1 is 1.07 bits per heavy atom. The molecule has 0 rings (SSSR count). The summed E-state index contributed by atoms with van der Waals surface area (Å²) in [5.74, 6) is -0.0808. The van der Waals surface area contributed by atoms with Crippen molar-refractivity contribution in [1.82, 2.24) is 0 Å². The van der Waals surface area contributed by atoms with E-state index in [1.165, 1.54) is 0 Å². The monoisotopic (exact) mass is 230 g/mol. The molecule has 15 heavy (non-hydrogen) atoms. The summed E-state index contributed by atoms with van der Waals surface area (Å²) in [4.78, 5) is 12.2. The van der Waals surface area contributed by atoms with Crippen LogP contribution >= 0.6 is 12.2 Å². The van der Waals surface area contributed by atoms with Crippen LogP contribution in [0.1, 0.15) is 58.8 Å². The Morgan fingerprint density at radius 2 is 1.80 bits per heavy atom. The molecular formula is C12H22O2S. The smallest absolute Gasteiger partial charge is 0.305 e. The Balaban J connectivity index is 3.34. The summed E-state index contributed by atoms with van der Waals surface area (Å²) in [6, 6.07) is 0. The summed E-state index contributed by atoms with van der Waals surface area (Å²) < 4.78 is 5.08. The predicted molar refractivity (Wildman–Crippen MR) is 67.2 cm³/mol. The number of hydrogen-bond acceptors (Lipinski definition) is 3. The molecule has 0 saturated heterocycles. The van der Waals surface area contributed by atoms with Crippen molar-refractivity contribution in [3.8, 4) is 0 Å². The number of ether oxygens (including phenoxy) is 1. The van der Waals surface area contributed by atoms with Crippen molar-refractivity contribution in [2.45, 2.75) is 58.8 Å². The van der Waals surface area contributed by atoms with E-state index in [2.05, 4.69) is 13.8 Å². The summed E-state index contributed by atoms with van der Waals surface area (Å²) in [5.41, 5.74) is 0. The first-order valence-corrected chi connectivity index (χ1v) is 6.28. The van der Waals surface area contributed by atoms with Gasteiger partial charge in [-0.3, -0.25) is 4.79 Å². The summed E-state index contributed by atoms with van der Waals surface area (Å²) in [7, 11) is 0. The van der Waals surface area contributed by atoms with Crippen molar-refractivity contribution >= 4 is 23.1 Å². The first-order chi connectivity index (χ1) is 7.20. The number of hydrogen-bond donors (Lipinski definition) is 0. The molecular weight excluding hydrogens is 208 g/mol. The Hall–Kier alpha value is -0.440. The van der Waals surface area contributed by atoms with Crippen LogP contribution in [0.5, 0.6) is 0 Å². The maximum Gasteiger partial charge on any atom is 0.305 e. The minimum atomic E-state index is -0.0808. The van der Waals surface area contributed by atoms with Gasteiger partial charge < -0.3 is 4.74 Å². The molecule has 2 nitrogen and oxygen atoms in total. The maximum absolute atomic E-state index is 11.2. The van der Waals surface area contributed by atoms with Crippen molar-refractivity contribution in [1.29, 1.82) is 0 Å². The number of rotatable bonds is 9. The molecule has 0 aliphatic rings. The number of unbranched alkanes of at least 4 members (excludes halogenated alkanes) is 2. The minimum Gasteiger partial charge on any atom is -0.465 e. The van der Waals surface area contributed by atoms with Crippen molar-refractivity contribution in [3.05, 3.63) is 0 Å². The van der Waals surface area contributed by atoms with Gasteiger partial charge in [0.05, 0.1) is 6.61 Å². The van der Waals surface area contributed by atoms with Crippen LogP contribution in [0.15, 0.2) is 0 Å². The van der Waals surface area contributed by atoms with Crippen LogP contribution in [0.25, 0.3) is 0 Å². The van der Waals surface area contributed by atoms with Crippen LogP contribution in [0.2, 0.25) is 0 Å². The third-order valence-electron chi connectivity index (χ3n) is 2.16. The van der Waals surface area contributed by atoms with Gasteiger partial charge in [-0.1, -0.05) is 45.3 Å². The molecule has 88 valence electrons. The van der Waals surface area contributed by atoms with Crippen molar-refractivity contribution in [2.75, 3.05) is 6.61 Å². The molecule has 0 saturated carbocycles. The SMILES string of the molecule is CCCCCC(=O)OCCC(=S)CCC. The molecule has 0 aromatic carbocycles. The third-order valence-corrected chi connectivity index (χ3v) is 2.57. The molecule has 0 bridgehead atoms. The molecule has 0 amide bonds. The van der Waals surface area contributed by atoms with E-state index in [-0.39, 0.29) is 5.97 Å². The lowest BCUT2D eigenvalue weighted by molar-refractivity contribution is -0.143. The first kappa shape index (κ1) is 14.6. The molecule has 0 radical (unpaired) electrons. The fourth-order valence-corrected chi connectivity index (χ4v) is 1.56. The highest BCUT2D eigenvalue weighted by atomic mass is 32.1. The number of esters is 1. The lowest BCUT2D eigenvalue weighted by Gasteiger charge is -2.04. The molecule has 3 heteroatoms. The van der Waals surface area contributed by atoms with Crippen molar-refractivity contribution in [2.24, 2.45) is 0 Å². The third kappa shape index (κ3) is 9.85. The van der Waals surface area contributed by atoms with Gasteiger partial charge in [0.2, 0.25) is 0 Å². The molecule has 0 aliphatic heterocycles. The molecule has 0 aromatic rings. The number of carbonyl (C=O) groups excluding carboxylic acids is 1. The Morgan fingerprint density at radius 3 is 2.40 bits per heavy atom. The Kier molecular flexibility index (Phi) is 9.79. The van der Waals surface area contributed by atoms with E-state index in [4.69, 9.17) is 17.0 Å². The van der Waals surface area contributed by atoms with E-state index in [1.54, 1.807) is 0 Å². The van der Waals surface area contributed by atoms with E-state index in [0.29, 0.717) is 13.0 Å². The molecule has 0 spiro atoms. The van der Waals surface area contributed by atoms with Crippen LogP contribution in [-0.2, 0) is 9.53 Å². The Bertz CT molecular complexity index is 190. The van der Waals surface area contributed by atoms with Crippen molar-refractivity contribution in [3.63, 3.8) is 0 Å². The highest BCUT2D eigenvalue weighted by Crippen LogP contribution is 2.02. The van der Waals surface area contributed by atoms with E-state index in [1.807, 2.05) is 0 Å². The molecule has 0 heterocycles. The lowest BCUT2D eigenvalue weighted by atomic mass is 10.2. The van der Waals surface area contributed by atoms with Crippen LogP contribution in [-0.4, -0.2) is 17.4 Å². The fraction of sp³-hybridized carbons (Fsp3) is 0.833. The van der Waals surface area contributed by atoms with E-state index < -0.39 is 0 Å². The average molecular weight is 230 g/mol. The summed E-state index contributed by atoms with van der Waals surface area (Å²) in [5, 5.41) is 0. The van der Waals surface area contributed by atoms with Gasteiger partial charge in [0.25, 0.3) is 0 Å². The van der Waals surface area contributed by atoms with Gasteiger partial charge in [-0.2, -0.15) is 0 Å². The fourth-order valence-electron chi connectivity index (χ4n) is 1.27. The lowest BCUT2D eigenvalue weighted by Crippen LogP contribution is -2.08. The summed E-state index contributed by atoms with van der Waals surface area (Å²) in [6.07, 6.45) is 6.50. The summed E-state index contributed by atoms with van der Waals surface area (Å²) >= 11 is 5.12. The minimum absolute atomic E-state index is 0.0808. The molecule has 0 N–H and O–H groups in total. The quantitative estimate of drug-likeness (QED) is 0.343. The zero-order valence-corrected chi connectivity index (χ0v) is 10.7. The number of carbonyl (C=O) groups is 1. The van der Waals surface area contributed by atoms with Crippen molar-refractivity contribution < 1.29 is 9.53 Å². The topological polar surface area (TPSA) is 26.3 Å². The Labute approximate surface area is 98.4 Å². The van der Waals surface area contributed by atoms with Crippen LogP contribution in [0, 0.1) is 0 Å². The van der Waals surface area contributed by atoms with Gasteiger partial charge >= 0.3 is 5.97 Å². The summed E-state index contributed by atoms with van der Waals surface area (Å²) in [6.45, 7) is 4.68. The molecule has 0 fully saturated rings. The highest BCUT2D eigenvalue weighted by Gasteiger charge is 2.02. The van der Waals surface area contributed by atoms with Gasteiger partial charge in [-0.15, -0.1) is 0 Å². The molecule has 0 unspecified atom stereocenters. The zero-order chi connectivity index (χ0) is 11.5. The molecule has 0 aliphatic carbocycles. The largest absolute Gasteiger partial charge is 0.465 e. The second-order valence-corrected chi connectivity index (χ2v) is 4.29. The average Bonchev–Trinajstić information content (AvgIpc) is 2.18. The van der Waals surface area contributed by atoms with Crippen LogP contribution < -0.4 is 0 Å². The molecule has 0 atom stereocenters. The van der Waals surface area contributed by atoms with Crippen LogP contribution in [0.4, 0.5) is 0 Å². The number of thiocarbonyl (C=S) groups is 1. The van der Waals surface area contributed by atoms with E-state index in [9.17, 15) is 4.79 Å². The van der Waals surface area contributed by atoms with Gasteiger partial charge in [-0.05, 0) is 17.7 Å². The molecule has 0 aromatic heterocycles. The predicted octanol–water partition coefficient (Wildman–Crippen LogP) is 3.67. The van der Waals surface area contributed by atoms with Crippen LogP contribution in [0.3, 0.4) is 0 Å². The normalized spacial score (nSPS) is 10.0. The highest BCUT2D eigenvalue weighted by molar-refractivity contribution is 7.80. The van der Waals surface area contributed by atoms with Gasteiger partial charge in [0.15, 0.2) is 0 Å². The van der Waals surface area contributed by atoms with Gasteiger partial charge in [0.1, 0.15) is 0 Å². The standard InChI is InChI=1S/C12H22O2S/c1-3-5-6-8-12(13)14-10-9-11(15)7-4-2/h3-10H2,1-2H3. The zero-order valence-electron chi connectivity index (χ0n) is 9.88. The van der Waals surface area contributed by atoms with Gasteiger partial charge in [0, 0.05) is 12.8 Å².